The molecule has 0 saturated carbocycles. The molecule has 0 N–H and O–H groups in total. The lowest BCUT2D eigenvalue weighted by atomic mass is 10.0. The summed E-state index contributed by atoms with van der Waals surface area (Å²) in [7, 11) is 0. The highest BCUT2D eigenvalue weighted by Gasteiger charge is 2.31. The van der Waals surface area contributed by atoms with Crippen molar-refractivity contribution in [1.82, 2.24) is 0 Å². The van der Waals surface area contributed by atoms with Crippen LogP contribution in [0.2, 0.25) is 0 Å². The number of amides is 1. The summed E-state index contributed by atoms with van der Waals surface area (Å²) < 4.78 is 12.3. The third-order valence-corrected chi connectivity index (χ3v) is 4.99. The van der Waals surface area contributed by atoms with Crippen molar-refractivity contribution in [2.75, 3.05) is 24.7 Å². The lowest BCUT2D eigenvalue weighted by molar-refractivity contribution is -0.113. The Balaban J connectivity index is 2.10. The van der Waals surface area contributed by atoms with Crippen molar-refractivity contribution >= 4 is 39.2 Å². The van der Waals surface area contributed by atoms with Crippen LogP contribution in [0.5, 0.6) is 11.5 Å². The van der Waals surface area contributed by atoms with Crippen molar-refractivity contribution in [2.24, 2.45) is 0 Å². The van der Waals surface area contributed by atoms with Gasteiger partial charge in [0.25, 0.3) is 5.91 Å². The number of anilines is 1. The number of para-hydroxylation sites is 1. The fourth-order valence-corrected chi connectivity index (χ4v) is 3.73. The van der Waals surface area contributed by atoms with Crippen molar-refractivity contribution < 1.29 is 14.3 Å². The Hall–Kier alpha value is -2.27. The highest BCUT2D eigenvalue weighted by molar-refractivity contribution is 9.10. The Morgan fingerprint density at radius 2 is 1.74 bits per heavy atom. The number of carbonyl (C=O) groups excluding carboxylic acids is 1. The van der Waals surface area contributed by atoms with E-state index >= 15 is 0 Å². The van der Waals surface area contributed by atoms with Crippen molar-refractivity contribution in [1.29, 1.82) is 0 Å². The smallest absolute Gasteiger partial charge is 0.258 e. The number of hydrogen-bond donors (Lipinski definition) is 0. The van der Waals surface area contributed by atoms with Gasteiger partial charge in [0.2, 0.25) is 0 Å². The summed E-state index contributed by atoms with van der Waals surface area (Å²) in [6.07, 6.45) is 2.83. The number of benzene rings is 2. The second kappa shape index (κ2) is 8.61. The molecule has 142 valence electrons. The summed E-state index contributed by atoms with van der Waals surface area (Å²) in [5, 5.41) is 0. The summed E-state index contributed by atoms with van der Waals surface area (Å²) in [6.45, 7) is 7.78. The molecule has 3 rings (SSSR count). The van der Waals surface area contributed by atoms with Crippen LogP contribution < -0.4 is 14.4 Å². The molecule has 27 heavy (non-hydrogen) atoms. The number of carbonyl (C=O) groups is 1. The number of ether oxygens (including phenoxy) is 2. The van der Waals surface area contributed by atoms with Gasteiger partial charge in [0.05, 0.1) is 23.4 Å². The monoisotopic (exact) mass is 429 g/mol. The molecule has 1 amide bonds. The highest BCUT2D eigenvalue weighted by Crippen LogP contribution is 2.40. The van der Waals surface area contributed by atoms with Crippen LogP contribution in [0, 0.1) is 0 Å². The molecule has 2 aromatic rings. The summed E-state index contributed by atoms with van der Waals surface area (Å²) in [4.78, 5) is 14.9. The van der Waals surface area contributed by atoms with Crippen LogP contribution in [0.15, 0.2) is 40.9 Å². The molecule has 0 unspecified atom stereocenters. The van der Waals surface area contributed by atoms with E-state index in [9.17, 15) is 4.79 Å². The molecule has 0 spiro atoms. The van der Waals surface area contributed by atoms with E-state index in [4.69, 9.17) is 9.47 Å². The maximum absolute atomic E-state index is 13.1. The van der Waals surface area contributed by atoms with Gasteiger partial charge in [0.1, 0.15) is 11.5 Å². The molecule has 0 atom stereocenters. The van der Waals surface area contributed by atoms with E-state index in [1.54, 1.807) is 0 Å². The van der Waals surface area contributed by atoms with E-state index in [-0.39, 0.29) is 5.91 Å². The third-order valence-electron chi connectivity index (χ3n) is 4.37. The minimum atomic E-state index is 0.0329. The average Bonchev–Trinajstić information content (AvgIpc) is 2.92. The zero-order valence-electron chi connectivity index (χ0n) is 15.9. The summed E-state index contributed by atoms with van der Waals surface area (Å²) in [5.41, 5.74) is 3.47. The van der Waals surface area contributed by atoms with Crippen LogP contribution in [0.25, 0.3) is 11.6 Å². The van der Waals surface area contributed by atoms with Gasteiger partial charge in [-0.2, -0.15) is 0 Å². The molecule has 0 radical (unpaired) electrons. The first-order valence-corrected chi connectivity index (χ1v) is 10.1. The van der Waals surface area contributed by atoms with Crippen LogP contribution in [-0.2, 0) is 4.79 Å². The molecule has 0 aliphatic carbocycles. The largest absolute Gasteiger partial charge is 0.493 e. The molecule has 4 nitrogen and oxygen atoms in total. The molecule has 5 heteroatoms. The normalized spacial score (nSPS) is 14.6. The predicted octanol–water partition coefficient (Wildman–Crippen LogP) is 5.54. The molecule has 2 aromatic carbocycles. The van der Waals surface area contributed by atoms with Crippen LogP contribution in [0.3, 0.4) is 0 Å². The van der Waals surface area contributed by atoms with Gasteiger partial charge < -0.3 is 14.4 Å². The average molecular weight is 430 g/mol. The predicted molar refractivity (Wildman–Crippen MR) is 113 cm³/mol. The molecular weight excluding hydrogens is 406 g/mol. The Bertz CT molecular complexity index is 876. The van der Waals surface area contributed by atoms with E-state index in [0.29, 0.717) is 31.1 Å². The van der Waals surface area contributed by atoms with Crippen molar-refractivity contribution in [3.63, 3.8) is 0 Å². The molecular formula is C22H24BrNO3. The summed E-state index contributed by atoms with van der Waals surface area (Å²) >= 11 is 3.56. The quantitative estimate of drug-likeness (QED) is 0.541. The number of nitrogens with zero attached hydrogens (tertiary/aromatic N) is 1. The lowest BCUT2D eigenvalue weighted by Gasteiger charge is -2.15. The van der Waals surface area contributed by atoms with E-state index in [2.05, 4.69) is 22.9 Å². The van der Waals surface area contributed by atoms with Gasteiger partial charge in [-0.3, -0.25) is 4.79 Å². The fourth-order valence-electron chi connectivity index (χ4n) is 3.26. The van der Waals surface area contributed by atoms with Crippen molar-refractivity contribution in [2.45, 2.75) is 27.2 Å². The zero-order valence-corrected chi connectivity index (χ0v) is 17.5. The first-order valence-electron chi connectivity index (χ1n) is 9.32. The van der Waals surface area contributed by atoms with Crippen LogP contribution in [0.4, 0.5) is 5.69 Å². The van der Waals surface area contributed by atoms with Gasteiger partial charge in [0.15, 0.2) is 0 Å². The fraction of sp³-hybridized carbons (Fsp3) is 0.318. The first kappa shape index (κ1) is 19.5. The minimum absolute atomic E-state index is 0.0329. The molecule has 1 aliphatic heterocycles. The Morgan fingerprint density at radius 1 is 1.04 bits per heavy atom. The van der Waals surface area contributed by atoms with E-state index in [1.807, 2.05) is 61.2 Å². The molecule has 0 aromatic heterocycles. The SMILES string of the molecule is CCCN1C(=O)/C(=C\c2cc(Br)c(OCC)cc2OCC)c2ccccc21. The second-order valence-corrected chi connectivity index (χ2v) is 7.07. The Morgan fingerprint density at radius 3 is 2.44 bits per heavy atom. The Kier molecular flexibility index (Phi) is 6.22. The van der Waals surface area contributed by atoms with Gasteiger partial charge in [-0.25, -0.2) is 0 Å². The number of hydrogen-bond acceptors (Lipinski definition) is 3. The van der Waals surface area contributed by atoms with Crippen molar-refractivity contribution in [3.8, 4) is 11.5 Å². The molecule has 0 saturated heterocycles. The zero-order chi connectivity index (χ0) is 19.4. The molecule has 0 bridgehead atoms. The highest BCUT2D eigenvalue weighted by atomic mass is 79.9. The maximum atomic E-state index is 13.1. The first-order chi connectivity index (χ1) is 13.1. The van der Waals surface area contributed by atoms with Crippen LogP contribution in [-0.4, -0.2) is 25.7 Å². The topological polar surface area (TPSA) is 38.8 Å². The van der Waals surface area contributed by atoms with Gasteiger partial charge in [-0.15, -0.1) is 0 Å². The summed E-state index contributed by atoms with van der Waals surface area (Å²) in [6, 6.07) is 11.8. The van der Waals surface area contributed by atoms with E-state index in [0.717, 1.165) is 33.5 Å². The number of rotatable bonds is 7. The van der Waals surface area contributed by atoms with E-state index in [1.165, 1.54) is 0 Å². The minimum Gasteiger partial charge on any atom is -0.493 e. The van der Waals surface area contributed by atoms with Crippen LogP contribution in [0.1, 0.15) is 38.3 Å². The van der Waals surface area contributed by atoms with Gasteiger partial charge in [0, 0.05) is 29.3 Å². The van der Waals surface area contributed by atoms with Crippen molar-refractivity contribution in [3.05, 3.63) is 52.0 Å². The molecule has 1 heterocycles. The summed E-state index contributed by atoms with van der Waals surface area (Å²) in [5.74, 6) is 1.47. The molecule has 0 fully saturated rings. The van der Waals surface area contributed by atoms with E-state index < -0.39 is 0 Å². The second-order valence-electron chi connectivity index (χ2n) is 6.22. The maximum Gasteiger partial charge on any atom is 0.258 e. The van der Waals surface area contributed by atoms with Gasteiger partial charge in [-0.1, -0.05) is 25.1 Å². The lowest BCUT2D eigenvalue weighted by Crippen LogP contribution is -2.26. The standard InChI is InChI=1S/C22H24BrNO3/c1-4-11-24-19-10-8-7-9-16(19)17(22(24)25)12-15-13-18(23)21(27-6-3)14-20(15)26-5-2/h7-10,12-14H,4-6,11H2,1-3H3/b17-12-. The van der Waals surface area contributed by atoms with Gasteiger partial charge in [-0.05, 0) is 54.4 Å². The van der Waals surface area contributed by atoms with Crippen LogP contribution >= 0.6 is 15.9 Å². The molecule has 1 aliphatic rings. The number of halogens is 1. The third kappa shape index (κ3) is 3.88. The Labute approximate surface area is 168 Å². The number of fused-ring (bicyclic) bond motifs is 1. The van der Waals surface area contributed by atoms with Gasteiger partial charge >= 0.3 is 0 Å².